The summed E-state index contributed by atoms with van der Waals surface area (Å²) in [6, 6.07) is 5.62. The van der Waals surface area contributed by atoms with E-state index in [2.05, 4.69) is 19.8 Å². The van der Waals surface area contributed by atoms with Gasteiger partial charge in [-0.2, -0.15) is 0 Å². The molecule has 2 aromatic rings. The van der Waals surface area contributed by atoms with Gasteiger partial charge in [0.1, 0.15) is 6.61 Å². The van der Waals surface area contributed by atoms with Gasteiger partial charge in [-0.05, 0) is 17.7 Å². The quantitative estimate of drug-likeness (QED) is 0.327. The number of nitrogens with zero attached hydrogens (tertiary/aromatic N) is 4. The number of thiazole rings is 1. The first-order chi connectivity index (χ1) is 13.2. The summed E-state index contributed by atoms with van der Waals surface area (Å²) in [6.45, 7) is 4.08. The van der Waals surface area contributed by atoms with Gasteiger partial charge in [0.15, 0.2) is 22.6 Å². The number of hydrogen-bond donors (Lipinski definition) is 2. The number of anilines is 1. The lowest BCUT2D eigenvalue weighted by molar-refractivity contribution is 0.196. The molecule has 1 fully saturated rings. The molecule has 1 aliphatic heterocycles. The number of nitrogens with two attached hydrogens (primary N) is 1. The van der Waals surface area contributed by atoms with Crippen LogP contribution in [-0.2, 0) is 6.54 Å². The summed E-state index contributed by atoms with van der Waals surface area (Å²) >= 11 is 1.65. The van der Waals surface area contributed by atoms with E-state index in [0.29, 0.717) is 24.0 Å². The zero-order chi connectivity index (χ0) is 19.1. The van der Waals surface area contributed by atoms with Crippen molar-refractivity contribution in [2.24, 2.45) is 10.7 Å². The van der Waals surface area contributed by atoms with Crippen molar-refractivity contribution in [3.63, 3.8) is 0 Å². The number of aromatic nitrogens is 1. The highest BCUT2D eigenvalue weighted by molar-refractivity contribution is 14.0. The van der Waals surface area contributed by atoms with E-state index in [9.17, 15) is 0 Å². The highest BCUT2D eigenvalue weighted by Gasteiger charge is 2.19. The van der Waals surface area contributed by atoms with Crippen LogP contribution in [0.3, 0.4) is 0 Å². The molecule has 28 heavy (non-hydrogen) atoms. The van der Waals surface area contributed by atoms with Crippen LogP contribution in [0.2, 0.25) is 0 Å². The van der Waals surface area contributed by atoms with Crippen LogP contribution in [0.4, 0.5) is 5.13 Å². The van der Waals surface area contributed by atoms with Gasteiger partial charge in [0, 0.05) is 37.8 Å². The highest BCUT2D eigenvalue weighted by atomic mass is 127. The summed E-state index contributed by atoms with van der Waals surface area (Å²) in [4.78, 5) is 13.2. The molecule has 8 nitrogen and oxygen atoms in total. The second-order valence-corrected chi connectivity index (χ2v) is 6.89. The Bertz CT molecular complexity index is 752. The second kappa shape index (κ2) is 11.3. The number of guanidine groups is 1. The van der Waals surface area contributed by atoms with Crippen LogP contribution in [0.25, 0.3) is 0 Å². The van der Waals surface area contributed by atoms with Gasteiger partial charge >= 0.3 is 0 Å². The maximum Gasteiger partial charge on any atom is 0.191 e. The largest absolute Gasteiger partial charge is 0.493 e. The van der Waals surface area contributed by atoms with Crippen LogP contribution >= 0.6 is 35.3 Å². The van der Waals surface area contributed by atoms with Crippen molar-refractivity contribution >= 4 is 46.4 Å². The smallest absolute Gasteiger partial charge is 0.191 e. The topological polar surface area (TPSA) is 96.4 Å². The SMILES string of the molecule is COc1cc(CN=C(N)N2CCN(c3nccs3)CC2)ccc1OCCO.I. The zero-order valence-corrected chi connectivity index (χ0v) is 18.9. The highest BCUT2D eigenvalue weighted by Crippen LogP contribution is 2.28. The summed E-state index contributed by atoms with van der Waals surface area (Å²) in [5, 5.41) is 11.9. The molecule has 0 bridgehead atoms. The molecule has 0 radical (unpaired) electrons. The first-order valence-electron chi connectivity index (χ1n) is 8.81. The number of aliphatic hydroxyl groups excluding tert-OH is 1. The number of aliphatic hydroxyl groups is 1. The lowest BCUT2D eigenvalue weighted by Gasteiger charge is -2.35. The van der Waals surface area contributed by atoms with Crippen LogP contribution in [0.5, 0.6) is 11.5 Å². The van der Waals surface area contributed by atoms with Gasteiger partial charge in [-0.15, -0.1) is 35.3 Å². The zero-order valence-electron chi connectivity index (χ0n) is 15.8. The summed E-state index contributed by atoms with van der Waals surface area (Å²) in [6.07, 6.45) is 1.83. The first-order valence-corrected chi connectivity index (χ1v) is 9.69. The van der Waals surface area contributed by atoms with Gasteiger partial charge in [-0.25, -0.2) is 9.98 Å². The molecular formula is C18H26IN5O3S. The molecule has 0 unspecified atom stereocenters. The molecule has 0 aliphatic carbocycles. The Hall–Kier alpha value is -1.79. The minimum absolute atomic E-state index is 0. The van der Waals surface area contributed by atoms with Gasteiger partial charge in [-0.1, -0.05) is 6.07 Å². The fraction of sp³-hybridized carbons (Fsp3) is 0.444. The van der Waals surface area contributed by atoms with Gasteiger partial charge in [0.25, 0.3) is 0 Å². The minimum Gasteiger partial charge on any atom is -0.493 e. The van der Waals surface area contributed by atoms with Crippen molar-refractivity contribution in [1.29, 1.82) is 0 Å². The number of ether oxygens (including phenoxy) is 2. The van der Waals surface area contributed by atoms with E-state index in [1.165, 1.54) is 0 Å². The van der Waals surface area contributed by atoms with Gasteiger partial charge in [0.2, 0.25) is 0 Å². The Balaban J connectivity index is 0.00000280. The van der Waals surface area contributed by atoms with Gasteiger partial charge in [0.05, 0.1) is 20.3 Å². The Morgan fingerprint density at radius 1 is 1.29 bits per heavy atom. The molecule has 3 rings (SSSR count). The molecule has 0 atom stereocenters. The monoisotopic (exact) mass is 519 g/mol. The predicted molar refractivity (Wildman–Crippen MR) is 122 cm³/mol. The number of halogens is 1. The summed E-state index contributed by atoms with van der Waals surface area (Å²) < 4.78 is 10.8. The molecule has 3 N–H and O–H groups in total. The number of aliphatic imine (C=N–C) groups is 1. The molecule has 2 heterocycles. The van der Waals surface area contributed by atoms with Crippen molar-refractivity contribution < 1.29 is 14.6 Å². The molecule has 1 aromatic heterocycles. The Morgan fingerprint density at radius 2 is 2.07 bits per heavy atom. The third kappa shape index (κ3) is 5.85. The van der Waals surface area contributed by atoms with Crippen LogP contribution in [-0.4, -0.2) is 67.5 Å². The van der Waals surface area contributed by atoms with Crippen molar-refractivity contribution in [2.45, 2.75) is 6.54 Å². The first kappa shape index (κ1) is 22.5. The predicted octanol–water partition coefficient (Wildman–Crippen LogP) is 1.78. The fourth-order valence-corrected chi connectivity index (χ4v) is 3.55. The molecule has 0 saturated carbocycles. The number of methoxy groups -OCH3 is 1. The molecule has 1 aromatic carbocycles. The molecule has 10 heteroatoms. The number of hydrogen-bond acceptors (Lipinski definition) is 7. The summed E-state index contributed by atoms with van der Waals surface area (Å²) in [7, 11) is 1.59. The van der Waals surface area contributed by atoms with Crippen LogP contribution < -0.4 is 20.1 Å². The molecular weight excluding hydrogens is 493 g/mol. The second-order valence-electron chi connectivity index (χ2n) is 6.02. The van der Waals surface area contributed by atoms with Crippen molar-refractivity contribution in [2.75, 3.05) is 51.4 Å². The van der Waals surface area contributed by atoms with E-state index >= 15 is 0 Å². The number of benzene rings is 1. The molecule has 0 amide bonds. The maximum absolute atomic E-state index is 8.88. The Kier molecular flexibility index (Phi) is 9.06. The van der Waals surface area contributed by atoms with Gasteiger partial charge < -0.3 is 30.1 Å². The Morgan fingerprint density at radius 3 is 2.71 bits per heavy atom. The van der Waals surface area contributed by atoms with Crippen LogP contribution in [0.1, 0.15) is 5.56 Å². The lowest BCUT2D eigenvalue weighted by Crippen LogP contribution is -2.51. The van der Waals surface area contributed by atoms with E-state index in [0.717, 1.165) is 36.9 Å². The normalized spacial score (nSPS) is 14.6. The van der Waals surface area contributed by atoms with E-state index < -0.39 is 0 Å². The molecule has 0 spiro atoms. The lowest BCUT2D eigenvalue weighted by atomic mass is 10.2. The minimum atomic E-state index is -0.0401. The third-order valence-corrected chi connectivity index (χ3v) is 5.13. The van der Waals surface area contributed by atoms with Crippen molar-refractivity contribution in [3.8, 4) is 11.5 Å². The molecule has 1 aliphatic rings. The summed E-state index contributed by atoms with van der Waals surface area (Å²) in [5.41, 5.74) is 7.17. The molecule has 154 valence electrons. The maximum atomic E-state index is 8.88. The van der Waals surface area contributed by atoms with Crippen LogP contribution in [0, 0.1) is 0 Å². The van der Waals surface area contributed by atoms with E-state index in [-0.39, 0.29) is 37.2 Å². The average Bonchev–Trinajstić information content (AvgIpc) is 3.25. The standard InChI is InChI=1S/C18H25N5O3S.HI/c1-25-16-12-14(2-3-15(16)26-10-9-24)13-21-17(19)22-5-7-23(8-6-22)18-20-4-11-27-18;/h2-4,11-12,24H,5-10,13H2,1H3,(H2,19,21);1H. The van der Waals surface area contributed by atoms with E-state index in [1.807, 2.05) is 29.8 Å². The fourth-order valence-electron chi connectivity index (χ4n) is 2.86. The van der Waals surface area contributed by atoms with E-state index in [4.69, 9.17) is 20.3 Å². The van der Waals surface area contributed by atoms with Gasteiger partial charge in [-0.3, -0.25) is 0 Å². The van der Waals surface area contributed by atoms with Crippen molar-refractivity contribution in [3.05, 3.63) is 35.3 Å². The summed E-state index contributed by atoms with van der Waals surface area (Å²) in [5.74, 6) is 1.77. The van der Waals surface area contributed by atoms with Crippen molar-refractivity contribution in [1.82, 2.24) is 9.88 Å². The third-order valence-electron chi connectivity index (χ3n) is 4.29. The Labute approximate surface area is 186 Å². The molecule has 1 saturated heterocycles. The number of rotatable bonds is 7. The average molecular weight is 519 g/mol. The van der Waals surface area contributed by atoms with Crippen LogP contribution in [0.15, 0.2) is 34.8 Å². The number of piperazine rings is 1. The van der Waals surface area contributed by atoms with E-state index in [1.54, 1.807) is 18.4 Å².